The predicted octanol–water partition coefficient (Wildman–Crippen LogP) is 5.93. The Morgan fingerprint density at radius 3 is 2.61 bits per heavy atom. The summed E-state index contributed by atoms with van der Waals surface area (Å²) >= 11 is 0. The van der Waals surface area contributed by atoms with E-state index in [0.29, 0.717) is 19.1 Å². The number of esters is 1. The van der Waals surface area contributed by atoms with Gasteiger partial charge in [-0.05, 0) is 36.3 Å². The molecule has 3 aromatic heterocycles. The number of fused-ring (bicyclic) bond motifs is 1. The van der Waals surface area contributed by atoms with E-state index in [1.165, 1.54) is 20.0 Å². The Kier molecular flexibility index (Phi) is 7.99. The van der Waals surface area contributed by atoms with Crippen LogP contribution in [0.4, 0.5) is 0 Å². The Hall–Kier alpha value is -2.52. The first-order valence-electron chi connectivity index (χ1n) is 13.1. The number of carbonyl (C=O) groups is 1. The molecule has 4 rings (SSSR count). The van der Waals surface area contributed by atoms with Crippen LogP contribution in [0.2, 0.25) is 25.7 Å². The molecule has 8 nitrogen and oxygen atoms in total. The third-order valence-corrected chi connectivity index (χ3v) is 9.62. The number of rotatable bonds is 11. The van der Waals surface area contributed by atoms with E-state index in [9.17, 15) is 4.79 Å². The summed E-state index contributed by atoms with van der Waals surface area (Å²) in [4.78, 5) is 21.6. The molecule has 196 valence electrons. The first-order chi connectivity index (χ1) is 17.1. The molecule has 1 saturated carbocycles. The molecule has 36 heavy (non-hydrogen) atoms. The number of hydrogen-bond acceptors (Lipinski definition) is 6. The molecule has 1 fully saturated rings. The summed E-state index contributed by atoms with van der Waals surface area (Å²) in [5, 5.41) is 5.74. The van der Waals surface area contributed by atoms with Gasteiger partial charge in [0.2, 0.25) is 0 Å². The highest BCUT2D eigenvalue weighted by molar-refractivity contribution is 6.76. The van der Waals surface area contributed by atoms with Crippen molar-refractivity contribution in [3.8, 4) is 11.3 Å². The van der Waals surface area contributed by atoms with Gasteiger partial charge >= 0.3 is 5.97 Å². The van der Waals surface area contributed by atoms with Crippen LogP contribution < -0.4 is 0 Å². The summed E-state index contributed by atoms with van der Waals surface area (Å²) < 4.78 is 15.1. The molecule has 0 aliphatic heterocycles. The fourth-order valence-electron chi connectivity index (χ4n) is 5.64. The molecule has 9 heteroatoms. The lowest BCUT2D eigenvalue weighted by Crippen LogP contribution is -2.37. The number of aromatic nitrogens is 5. The topological polar surface area (TPSA) is 84.1 Å². The van der Waals surface area contributed by atoms with E-state index in [0.717, 1.165) is 47.8 Å². The van der Waals surface area contributed by atoms with Crippen LogP contribution in [0.5, 0.6) is 0 Å². The number of methoxy groups -OCH3 is 1. The van der Waals surface area contributed by atoms with Gasteiger partial charge in [0, 0.05) is 38.0 Å². The first-order valence-corrected chi connectivity index (χ1v) is 16.8. The zero-order valence-electron chi connectivity index (χ0n) is 22.7. The summed E-state index contributed by atoms with van der Waals surface area (Å²) in [5.74, 6) is 0.239. The molecule has 0 amide bonds. The lowest BCUT2D eigenvalue weighted by Gasteiger charge is -2.41. The van der Waals surface area contributed by atoms with E-state index in [1.807, 2.05) is 33.9 Å². The van der Waals surface area contributed by atoms with Gasteiger partial charge < -0.3 is 14.0 Å². The number of carbonyl (C=O) groups excluding carboxylic acids is 1. The minimum absolute atomic E-state index is 0.0229. The van der Waals surface area contributed by atoms with Gasteiger partial charge in [-0.1, -0.05) is 46.3 Å². The molecule has 0 spiro atoms. The Balaban J connectivity index is 1.61. The zero-order valence-corrected chi connectivity index (χ0v) is 23.7. The molecule has 1 aliphatic carbocycles. The molecule has 1 atom stereocenters. The van der Waals surface area contributed by atoms with Crippen molar-refractivity contribution in [1.82, 2.24) is 24.3 Å². The van der Waals surface area contributed by atoms with Gasteiger partial charge in [-0.15, -0.1) is 0 Å². The SMILES string of the molecule is COC(=O)CC(n1cc(-c2ncnc3c2ccn3COCC[Si](C)(C)C)cn1)C1(C(C)C)CCCC1. The van der Waals surface area contributed by atoms with E-state index < -0.39 is 8.07 Å². The Morgan fingerprint density at radius 2 is 1.94 bits per heavy atom. The first kappa shape index (κ1) is 26.5. The van der Waals surface area contributed by atoms with E-state index in [4.69, 9.17) is 14.6 Å². The van der Waals surface area contributed by atoms with Crippen LogP contribution >= 0.6 is 0 Å². The minimum Gasteiger partial charge on any atom is -0.469 e. The number of hydrogen-bond donors (Lipinski definition) is 0. The van der Waals surface area contributed by atoms with Crippen molar-refractivity contribution in [2.75, 3.05) is 13.7 Å². The van der Waals surface area contributed by atoms with Crippen molar-refractivity contribution in [1.29, 1.82) is 0 Å². The van der Waals surface area contributed by atoms with Gasteiger partial charge in [0.05, 0.1) is 31.5 Å². The molecule has 1 aliphatic rings. The van der Waals surface area contributed by atoms with Crippen LogP contribution in [0.15, 0.2) is 31.0 Å². The van der Waals surface area contributed by atoms with Crippen molar-refractivity contribution >= 4 is 25.1 Å². The van der Waals surface area contributed by atoms with Gasteiger partial charge in [-0.25, -0.2) is 9.97 Å². The second kappa shape index (κ2) is 10.8. The fraction of sp³-hybridized carbons (Fsp3) is 0.630. The third kappa shape index (κ3) is 5.57. The van der Waals surface area contributed by atoms with Gasteiger partial charge in [0.25, 0.3) is 0 Å². The highest BCUT2D eigenvalue weighted by atomic mass is 28.3. The van der Waals surface area contributed by atoms with Gasteiger partial charge in [0.15, 0.2) is 0 Å². The van der Waals surface area contributed by atoms with Crippen LogP contribution in [0.25, 0.3) is 22.3 Å². The van der Waals surface area contributed by atoms with Gasteiger partial charge in [-0.3, -0.25) is 9.48 Å². The molecule has 3 aromatic rings. The molecular formula is C27H41N5O3Si. The normalized spacial score (nSPS) is 16.6. The summed E-state index contributed by atoms with van der Waals surface area (Å²) in [6.07, 6.45) is 12.4. The molecule has 0 radical (unpaired) electrons. The van der Waals surface area contributed by atoms with Gasteiger partial charge in [0.1, 0.15) is 18.7 Å². The summed E-state index contributed by atoms with van der Waals surface area (Å²) in [5.41, 5.74) is 2.64. The third-order valence-electron chi connectivity index (χ3n) is 7.91. The van der Waals surface area contributed by atoms with E-state index in [1.54, 1.807) is 6.33 Å². The Labute approximate surface area is 215 Å². The second-order valence-electron chi connectivity index (χ2n) is 11.7. The molecule has 0 saturated heterocycles. The maximum absolute atomic E-state index is 12.4. The standard InChI is InChI=1S/C27H41N5O3Si/c1-20(2)27(10-7-8-11-27)23(15-24(33)34-3)32-17-21(16-30-32)25-22-9-12-31(26(22)29-18-28-25)19-35-13-14-36(4,5)6/h9,12,16-18,20,23H,7-8,10-11,13-15,19H2,1-6H3. The van der Waals surface area contributed by atoms with Crippen molar-refractivity contribution in [2.45, 2.75) is 84.4 Å². The predicted molar refractivity (Wildman–Crippen MR) is 144 cm³/mol. The van der Waals surface area contributed by atoms with Crippen molar-refractivity contribution < 1.29 is 14.3 Å². The molecular weight excluding hydrogens is 470 g/mol. The molecule has 3 heterocycles. The minimum atomic E-state index is -1.13. The lowest BCUT2D eigenvalue weighted by molar-refractivity contribution is -0.143. The Morgan fingerprint density at radius 1 is 1.19 bits per heavy atom. The lowest BCUT2D eigenvalue weighted by atomic mass is 9.69. The Bertz CT molecular complexity index is 1170. The summed E-state index contributed by atoms with van der Waals surface area (Å²) in [7, 11) is 0.333. The summed E-state index contributed by atoms with van der Waals surface area (Å²) in [6.45, 7) is 12.8. The maximum atomic E-state index is 12.4. The average Bonchev–Trinajstić information content (AvgIpc) is 3.59. The number of ether oxygens (including phenoxy) is 2. The smallest absolute Gasteiger partial charge is 0.307 e. The number of nitrogens with zero attached hydrogens (tertiary/aromatic N) is 5. The zero-order chi connectivity index (χ0) is 25.9. The van der Waals surface area contributed by atoms with Crippen molar-refractivity contribution in [2.24, 2.45) is 11.3 Å². The average molecular weight is 512 g/mol. The highest BCUT2D eigenvalue weighted by Crippen LogP contribution is 2.53. The molecule has 0 N–H and O–H groups in total. The molecule has 1 unspecified atom stereocenters. The molecule has 0 bridgehead atoms. The van der Waals surface area contributed by atoms with Crippen LogP contribution in [0.3, 0.4) is 0 Å². The van der Waals surface area contributed by atoms with Crippen LogP contribution in [-0.4, -0.2) is 52.1 Å². The van der Waals surface area contributed by atoms with Crippen LogP contribution in [-0.2, 0) is 21.0 Å². The largest absolute Gasteiger partial charge is 0.469 e. The van der Waals surface area contributed by atoms with Crippen LogP contribution in [0, 0.1) is 11.3 Å². The highest BCUT2D eigenvalue weighted by Gasteiger charge is 2.46. The van der Waals surface area contributed by atoms with Crippen molar-refractivity contribution in [3.05, 3.63) is 31.0 Å². The quantitative estimate of drug-likeness (QED) is 0.180. The van der Waals surface area contributed by atoms with E-state index >= 15 is 0 Å². The molecule has 0 aromatic carbocycles. The van der Waals surface area contributed by atoms with Gasteiger partial charge in [-0.2, -0.15) is 5.10 Å². The maximum Gasteiger partial charge on any atom is 0.307 e. The fourth-order valence-corrected chi connectivity index (χ4v) is 6.40. The second-order valence-corrected chi connectivity index (χ2v) is 17.3. The van der Waals surface area contributed by atoms with E-state index in [-0.39, 0.29) is 17.4 Å². The van der Waals surface area contributed by atoms with Crippen LogP contribution in [0.1, 0.15) is 52.0 Å². The monoisotopic (exact) mass is 511 g/mol. The summed E-state index contributed by atoms with van der Waals surface area (Å²) in [6, 6.07) is 3.13. The van der Waals surface area contributed by atoms with Crippen molar-refractivity contribution in [3.63, 3.8) is 0 Å². The van der Waals surface area contributed by atoms with E-state index in [2.05, 4.69) is 43.5 Å².